The second-order valence-corrected chi connectivity index (χ2v) is 8.91. The number of nitrogens with zero attached hydrogens (tertiary/aromatic N) is 5. The minimum atomic E-state index is -1.73. The largest absolute Gasteiger partial charge is 0.371 e. The highest BCUT2D eigenvalue weighted by Crippen LogP contribution is 2.32. The summed E-state index contributed by atoms with van der Waals surface area (Å²) in [5, 5.41) is 0.838. The number of hydroxylamine groups is 2. The van der Waals surface area contributed by atoms with E-state index >= 15 is 0 Å². The molecule has 13 heteroatoms. The van der Waals surface area contributed by atoms with E-state index in [-0.39, 0.29) is 19.4 Å². The maximum atomic E-state index is 13.0. The van der Waals surface area contributed by atoms with E-state index in [9.17, 15) is 9.59 Å². The third-order valence-electron chi connectivity index (χ3n) is 4.63. The van der Waals surface area contributed by atoms with Gasteiger partial charge in [0.15, 0.2) is 0 Å². The summed E-state index contributed by atoms with van der Waals surface area (Å²) < 4.78 is 0. The van der Waals surface area contributed by atoms with Crippen LogP contribution in [0.15, 0.2) is 20.0 Å². The van der Waals surface area contributed by atoms with Gasteiger partial charge in [0.2, 0.25) is 5.66 Å². The number of aliphatic imine (C=N–C) groups is 4. The molecule has 0 radical (unpaired) electrons. The summed E-state index contributed by atoms with van der Waals surface area (Å²) in [5.74, 6) is -0.408. The molecule has 1 rings (SSSR count). The Morgan fingerprint density at radius 1 is 1.22 bits per heavy atom. The van der Waals surface area contributed by atoms with Gasteiger partial charge in [-0.2, -0.15) is 28.5 Å². The lowest BCUT2D eigenvalue weighted by Gasteiger charge is -2.29. The highest BCUT2D eigenvalue weighted by atomic mass is 32.2. The van der Waals surface area contributed by atoms with Gasteiger partial charge in [0, 0.05) is 24.7 Å². The number of carbonyl (C=O) groups excluding carboxylic acids is 2. The molecule has 180 valence electrons. The minimum Gasteiger partial charge on any atom is -0.330 e. The first-order valence-corrected chi connectivity index (χ1v) is 13.1. The van der Waals surface area contributed by atoms with E-state index in [4.69, 9.17) is 21.1 Å². The average Bonchev–Trinajstić information content (AvgIpc) is 3.00. The SMILES string of the molecule is CCN=C=NCCC1N(OC(=O)C(N)(CCSC)N=C=NCC)OC(=O)C1(N)CCSC. The van der Waals surface area contributed by atoms with Crippen molar-refractivity contribution in [3.05, 3.63) is 0 Å². The van der Waals surface area contributed by atoms with Crippen molar-refractivity contribution < 1.29 is 19.3 Å². The maximum absolute atomic E-state index is 13.0. The van der Waals surface area contributed by atoms with Crippen LogP contribution in [0.2, 0.25) is 0 Å². The molecule has 0 bridgehead atoms. The lowest BCUT2D eigenvalue weighted by Crippen LogP contribution is -2.57. The third-order valence-corrected chi connectivity index (χ3v) is 5.85. The summed E-state index contributed by atoms with van der Waals surface area (Å²) >= 11 is 3.04. The number of nitrogens with two attached hydrogens (primary N) is 2. The molecule has 1 heterocycles. The van der Waals surface area contributed by atoms with Gasteiger partial charge in [-0.15, -0.1) is 0 Å². The van der Waals surface area contributed by atoms with Crippen molar-refractivity contribution in [2.75, 3.05) is 43.7 Å². The van der Waals surface area contributed by atoms with E-state index in [1.165, 1.54) is 11.8 Å². The van der Waals surface area contributed by atoms with Gasteiger partial charge in [-0.1, -0.05) is 0 Å². The number of hydrogen-bond acceptors (Lipinski definition) is 13. The van der Waals surface area contributed by atoms with E-state index in [1.54, 1.807) is 18.7 Å². The van der Waals surface area contributed by atoms with Crippen LogP contribution in [0.1, 0.15) is 33.1 Å². The molecule has 3 atom stereocenters. The number of hydrogen-bond donors (Lipinski definition) is 2. The predicted molar refractivity (Wildman–Crippen MR) is 128 cm³/mol. The fourth-order valence-electron chi connectivity index (χ4n) is 2.71. The molecule has 0 aliphatic carbocycles. The summed E-state index contributed by atoms with van der Waals surface area (Å²) in [4.78, 5) is 52.1. The van der Waals surface area contributed by atoms with Crippen LogP contribution in [0.4, 0.5) is 0 Å². The van der Waals surface area contributed by atoms with Gasteiger partial charge in [0.1, 0.15) is 11.6 Å². The molecule has 1 fully saturated rings. The summed E-state index contributed by atoms with van der Waals surface area (Å²) in [6.07, 6.45) is 4.58. The Kier molecular flexibility index (Phi) is 12.8. The van der Waals surface area contributed by atoms with Crippen LogP contribution in [0.25, 0.3) is 0 Å². The van der Waals surface area contributed by atoms with Crippen molar-refractivity contribution in [2.24, 2.45) is 31.4 Å². The average molecular weight is 488 g/mol. The predicted octanol–water partition coefficient (Wildman–Crippen LogP) is 1.22. The van der Waals surface area contributed by atoms with Gasteiger partial charge in [-0.05, 0) is 50.7 Å². The minimum absolute atomic E-state index is 0.184. The molecule has 0 amide bonds. The molecule has 0 saturated carbocycles. The van der Waals surface area contributed by atoms with Gasteiger partial charge in [0.05, 0.1) is 18.6 Å². The Hall–Kier alpha value is -1.72. The van der Waals surface area contributed by atoms with Crippen molar-refractivity contribution in [2.45, 2.75) is 50.4 Å². The lowest BCUT2D eigenvalue weighted by atomic mass is 9.87. The van der Waals surface area contributed by atoms with E-state index in [2.05, 4.69) is 32.0 Å². The fourth-order valence-corrected chi connectivity index (χ4v) is 3.77. The summed E-state index contributed by atoms with van der Waals surface area (Å²) in [7, 11) is 0. The zero-order valence-electron chi connectivity index (χ0n) is 19.1. The van der Waals surface area contributed by atoms with Crippen molar-refractivity contribution >= 4 is 47.5 Å². The molecular formula is C19H33N7O4S2. The lowest BCUT2D eigenvalue weighted by molar-refractivity contribution is -0.325. The molecule has 3 unspecified atom stereocenters. The standard InChI is InChI=1S/C19H33N7O4S2/c1-5-22-13-24-10-7-15-18(20,8-11-31-3)16(27)29-26(15)30-17(28)19(21,9-12-32-4)25-14-23-6-2/h15H,5-12,20-21H2,1-4H3. The van der Waals surface area contributed by atoms with Crippen molar-refractivity contribution in [3.8, 4) is 0 Å². The van der Waals surface area contributed by atoms with E-state index in [1.807, 2.05) is 19.4 Å². The van der Waals surface area contributed by atoms with Gasteiger partial charge in [-0.3, -0.25) is 5.73 Å². The first-order valence-electron chi connectivity index (χ1n) is 10.3. The Morgan fingerprint density at radius 2 is 1.88 bits per heavy atom. The molecule has 0 aromatic heterocycles. The van der Waals surface area contributed by atoms with Crippen molar-refractivity contribution in [1.29, 1.82) is 0 Å². The topological polar surface area (TPSA) is 157 Å². The monoisotopic (exact) mass is 487 g/mol. The fraction of sp³-hybridized carbons (Fsp3) is 0.789. The second kappa shape index (κ2) is 14.4. The third kappa shape index (κ3) is 8.00. The van der Waals surface area contributed by atoms with Crippen LogP contribution in [0.3, 0.4) is 0 Å². The summed E-state index contributed by atoms with van der Waals surface area (Å²) in [6, 6.07) is 4.24. The second-order valence-electron chi connectivity index (χ2n) is 6.94. The van der Waals surface area contributed by atoms with Crippen LogP contribution >= 0.6 is 23.5 Å². The maximum Gasteiger partial charge on any atom is 0.371 e. The first-order chi connectivity index (χ1) is 15.3. The smallest absolute Gasteiger partial charge is 0.330 e. The van der Waals surface area contributed by atoms with Crippen LogP contribution in [-0.2, 0) is 19.3 Å². The molecule has 4 N–H and O–H groups in total. The van der Waals surface area contributed by atoms with Gasteiger partial charge < -0.3 is 15.4 Å². The molecule has 1 aliphatic heterocycles. The number of thioether (sulfide) groups is 2. The van der Waals surface area contributed by atoms with Gasteiger partial charge in [0.25, 0.3) is 0 Å². The zero-order chi connectivity index (χ0) is 24.0. The first kappa shape index (κ1) is 28.3. The van der Waals surface area contributed by atoms with Crippen LogP contribution in [0.5, 0.6) is 0 Å². The Balaban J connectivity index is 3.13. The molecule has 0 spiro atoms. The van der Waals surface area contributed by atoms with Crippen LogP contribution < -0.4 is 11.5 Å². The molecule has 0 aromatic rings. The van der Waals surface area contributed by atoms with Crippen LogP contribution in [0, 0.1) is 0 Å². The molecule has 11 nitrogen and oxygen atoms in total. The van der Waals surface area contributed by atoms with Gasteiger partial charge >= 0.3 is 11.9 Å². The molecular weight excluding hydrogens is 454 g/mol. The summed E-state index contributed by atoms with van der Waals surface area (Å²) in [5.41, 5.74) is 9.54. The quantitative estimate of drug-likeness (QED) is 0.344. The van der Waals surface area contributed by atoms with E-state index in [0.717, 1.165) is 5.23 Å². The van der Waals surface area contributed by atoms with Crippen molar-refractivity contribution in [1.82, 2.24) is 5.23 Å². The Bertz CT molecular complexity index is 756. The normalized spacial score (nSPS) is 22.2. The molecule has 1 aliphatic rings. The van der Waals surface area contributed by atoms with Crippen molar-refractivity contribution in [3.63, 3.8) is 0 Å². The molecule has 32 heavy (non-hydrogen) atoms. The Labute approximate surface area is 197 Å². The van der Waals surface area contributed by atoms with E-state index < -0.39 is 29.2 Å². The van der Waals surface area contributed by atoms with E-state index in [0.29, 0.717) is 31.0 Å². The zero-order valence-corrected chi connectivity index (χ0v) is 20.7. The molecule has 0 aromatic carbocycles. The molecule has 1 saturated heterocycles. The van der Waals surface area contributed by atoms with Crippen LogP contribution in [-0.4, -0.2) is 90.1 Å². The highest BCUT2D eigenvalue weighted by molar-refractivity contribution is 7.98. The Morgan fingerprint density at radius 3 is 2.50 bits per heavy atom. The highest BCUT2D eigenvalue weighted by Gasteiger charge is 2.56. The summed E-state index contributed by atoms with van der Waals surface area (Å²) in [6.45, 7) is 4.93. The number of carbonyl (C=O) groups is 2. The number of rotatable bonds is 14. The van der Waals surface area contributed by atoms with Gasteiger partial charge in [-0.25, -0.2) is 24.6 Å².